The summed E-state index contributed by atoms with van der Waals surface area (Å²) in [6.45, 7) is 9.94. The Hall–Kier alpha value is -2.04. The average Bonchev–Trinajstić information content (AvgIpc) is 2.83. The molecular weight excluding hydrogens is 378 g/mol. The molecule has 0 saturated carbocycles. The van der Waals surface area contributed by atoms with Crippen molar-refractivity contribution in [3.8, 4) is 0 Å². The van der Waals surface area contributed by atoms with E-state index in [-0.39, 0.29) is 17.1 Å². The summed E-state index contributed by atoms with van der Waals surface area (Å²) < 4.78 is 0. The molecule has 3 nitrogen and oxygen atoms in total. The summed E-state index contributed by atoms with van der Waals surface area (Å²) in [7, 11) is 0. The van der Waals surface area contributed by atoms with Crippen LogP contribution in [-0.2, 0) is 9.59 Å². The van der Waals surface area contributed by atoms with Crippen LogP contribution in [0, 0.1) is 20.8 Å². The van der Waals surface area contributed by atoms with Gasteiger partial charge in [-0.25, -0.2) is 4.90 Å². The van der Waals surface area contributed by atoms with Crippen LogP contribution in [0.5, 0.6) is 0 Å². The second-order valence-corrected chi connectivity index (χ2v) is 9.07. The van der Waals surface area contributed by atoms with E-state index in [4.69, 9.17) is 11.6 Å². The van der Waals surface area contributed by atoms with Gasteiger partial charge in [-0.05, 0) is 55.2 Å². The number of imide groups is 1. The molecule has 1 aliphatic rings. The fourth-order valence-corrected chi connectivity index (χ4v) is 4.20. The number of thioether (sulfide) groups is 1. The van der Waals surface area contributed by atoms with Gasteiger partial charge in [-0.2, -0.15) is 0 Å². The van der Waals surface area contributed by atoms with Crippen molar-refractivity contribution in [1.29, 1.82) is 0 Å². The van der Waals surface area contributed by atoms with E-state index in [9.17, 15) is 9.59 Å². The Kier molecular flexibility index (Phi) is 5.50. The van der Waals surface area contributed by atoms with Gasteiger partial charge in [-0.3, -0.25) is 9.59 Å². The van der Waals surface area contributed by atoms with Gasteiger partial charge in [-0.1, -0.05) is 49.7 Å². The molecule has 1 aliphatic heterocycles. The summed E-state index contributed by atoms with van der Waals surface area (Å²) >= 11 is 7.56. The van der Waals surface area contributed by atoms with Crippen molar-refractivity contribution in [3.05, 3.63) is 68.6 Å². The van der Waals surface area contributed by atoms with Gasteiger partial charge in [0.15, 0.2) is 0 Å². The lowest BCUT2D eigenvalue weighted by atomic mass is 10.0. The van der Waals surface area contributed by atoms with Gasteiger partial charge in [0.05, 0.1) is 16.2 Å². The summed E-state index contributed by atoms with van der Waals surface area (Å²) in [6, 6.07) is 11.1. The number of rotatable bonds is 4. The van der Waals surface area contributed by atoms with Gasteiger partial charge in [0.2, 0.25) is 0 Å². The Bertz CT molecular complexity index is 978. The quantitative estimate of drug-likeness (QED) is 0.619. The van der Waals surface area contributed by atoms with E-state index >= 15 is 0 Å². The predicted molar refractivity (Wildman–Crippen MR) is 114 cm³/mol. The highest BCUT2D eigenvalue weighted by Gasteiger charge is 2.41. The van der Waals surface area contributed by atoms with Crippen LogP contribution in [0.1, 0.15) is 36.1 Å². The molecule has 2 aromatic rings. The molecule has 140 valence electrons. The van der Waals surface area contributed by atoms with Gasteiger partial charge in [0, 0.05) is 10.3 Å². The average molecular weight is 400 g/mol. The summed E-state index contributed by atoms with van der Waals surface area (Å²) in [5.74, 6) is -0.575. The molecular formula is C22H22ClNO2S. The predicted octanol–water partition coefficient (Wildman–Crippen LogP) is 5.69. The summed E-state index contributed by atoms with van der Waals surface area (Å²) in [5, 5.41) is 0.674. The highest BCUT2D eigenvalue weighted by molar-refractivity contribution is 8.04. The lowest BCUT2D eigenvalue weighted by molar-refractivity contribution is -0.119. The van der Waals surface area contributed by atoms with E-state index in [1.165, 1.54) is 16.7 Å². The Labute approximate surface area is 169 Å². The second kappa shape index (κ2) is 7.53. The first-order chi connectivity index (χ1) is 12.7. The number of carbonyl (C=O) groups excluding carboxylic acids is 2. The van der Waals surface area contributed by atoms with E-state index in [2.05, 4.69) is 0 Å². The van der Waals surface area contributed by atoms with Crippen LogP contribution in [0.15, 0.2) is 41.3 Å². The fraction of sp³-hybridized carbons (Fsp3) is 0.273. The third-order valence-corrected chi connectivity index (χ3v) is 5.92. The lowest BCUT2D eigenvalue weighted by Crippen LogP contribution is -2.32. The number of hydrogen-bond donors (Lipinski definition) is 0. The molecule has 0 atom stereocenters. The van der Waals surface area contributed by atoms with E-state index in [1.807, 2.05) is 58.9 Å². The molecule has 1 heterocycles. The number of amides is 2. The highest BCUT2D eigenvalue weighted by Crippen LogP contribution is 2.41. The minimum absolute atomic E-state index is 0.179. The first kappa shape index (κ1) is 19.7. The van der Waals surface area contributed by atoms with Crippen LogP contribution in [0.25, 0.3) is 5.57 Å². The highest BCUT2D eigenvalue weighted by atomic mass is 35.5. The van der Waals surface area contributed by atoms with Crippen LogP contribution in [0.4, 0.5) is 5.69 Å². The molecule has 0 N–H and O–H groups in total. The lowest BCUT2D eigenvalue weighted by Gasteiger charge is -2.18. The maximum Gasteiger partial charge on any atom is 0.272 e. The molecule has 0 unspecified atom stereocenters. The number of nitrogens with zero attached hydrogens (tertiary/aromatic N) is 1. The Morgan fingerprint density at radius 2 is 1.56 bits per heavy atom. The van der Waals surface area contributed by atoms with E-state index in [1.54, 1.807) is 12.1 Å². The number of halogens is 1. The van der Waals surface area contributed by atoms with E-state index in [0.717, 1.165) is 22.3 Å². The maximum atomic E-state index is 13.4. The number of hydrogen-bond acceptors (Lipinski definition) is 3. The van der Waals surface area contributed by atoms with Crippen LogP contribution in [-0.4, -0.2) is 17.1 Å². The van der Waals surface area contributed by atoms with Crippen molar-refractivity contribution in [2.24, 2.45) is 0 Å². The van der Waals surface area contributed by atoms with Gasteiger partial charge in [0.25, 0.3) is 11.8 Å². The topological polar surface area (TPSA) is 37.4 Å². The smallest absolute Gasteiger partial charge is 0.268 e. The Morgan fingerprint density at radius 3 is 2.19 bits per heavy atom. The zero-order valence-electron chi connectivity index (χ0n) is 16.1. The van der Waals surface area contributed by atoms with E-state index in [0.29, 0.717) is 21.2 Å². The standard InChI is InChI=1S/C22H22ClNO2S/c1-12(2)27-20-19(16-8-6-13(3)15(5)10-16)21(25)24(22(20)26)18-11-17(23)9-7-14(18)4/h6-12H,1-5H3. The zero-order valence-corrected chi connectivity index (χ0v) is 17.7. The van der Waals surface area contributed by atoms with Gasteiger partial charge in [-0.15, -0.1) is 11.8 Å². The molecule has 3 rings (SSSR count). The number of benzene rings is 2. The van der Waals surface area contributed by atoms with Crippen molar-refractivity contribution < 1.29 is 9.59 Å². The summed E-state index contributed by atoms with van der Waals surface area (Å²) in [5.41, 5.74) is 4.86. The Morgan fingerprint density at radius 1 is 0.889 bits per heavy atom. The van der Waals surface area contributed by atoms with Gasteiger partial charge < -0.3 is 0 Å². The van der Waals surface area contributed by atoms with Crippen molar-refractivity contribution in [1.82, 2.24) is 0 Å². The first-order valence-electron chi connectivity index (χ1n) is 8.84. The molecule has 0 bridgehead atoms. The number of aryl methyl sites for hydroxylation is 3. The molecule has 2 amide bonds. The summed E-state index contributed by atoms with van der Waals surface area (Å²) in [4.78, 5) is 28.4. The molecule has 2 aromatic carbocycles. The molecule has 27 heavy (non-hydrogen) atoms. The third-order valence-electron chi connectivity index (χ3n) is 4.60. The molecule has 5 heteroatoms. The monoisotopic (exact) mass is 399 g/mol. The minimum atomic E-state index is -0.295. The van der Waals surface area contributed by atoms with Gasteiger partial charge >= 0.3 is 0 Å². The molecule has 0 aliphatic carbocycles. The van der Waals surface area contributed by atoms with Crippen molar-refractivity contribution in [2.45, 2.75) is 39.9 Å². The van der Waals surface area contributed by atoms with Crippen molar-refractivity contribution in [2.75, 3.05) is 4.90 Å². The zero-order chi connectivity index (χ0) is 19.9. The fourth-order valence-electron chi connectivity index (χ4n) is 3.05. The summed E-state index contributed by atoms with van der Waals surface area (Å²) in [6.07, 6.45) is 0. The number of anilines is 1. The maximum absolute atomic E-state index is 13.4. The molecule has 0 radical (unpaired) electrons. The normalized spacial score (nSPS) is 14.7. The SMILES string of the molecule is Cc1ccc(C2=C(SC(C)C)C(=O)N(c3cc(Cl)ccc3C)C2=O)cc1C. The van der Waals surface area contributed by atoms with Crippen molar-refractivity contribution in [3.63, 3.8) is 0 Å². The van der Waals surface area contributed by atoms with Crippen LogP contribution in [0.3, 0.4) is 0 Å². The van der Waals surface area contributed by atoms with Crippen LogP contribution in [0.2, 0.25) is 5.02 Å². The third kappa shape index (κ3) is 3.69. The number of carbonyl (C=O) groups is 2. The molecule has 0 spiro atoms. The van der Waals surface area contributed by atoms with Crippen molar-refractivity contribution >= 4 is 46.4 Å². The van der Waals surface area contributed by atoms with Gasteiger partial charge in [0.1, 0.15) is 0 Å². The Balaban J connectivity index is 2.17. The largest absolute Gasteiger partial charge is 0.272 e. The first-order valence-corrected chi connectivity index (χ1v) is 10.1. The molecule has 0 saturated heterocycles. The molecule has 0 fully saturated rings. The van der Waals surface area contributed by atoms with Crippen LogP contribution >= 0.6 is 23.4 Å². The van der Waals surface area contributed by atoms with E-state index < -0.39 is 0 Å². The minimum Gasteiger partial charge on any atom is -0.268 e. The molecule has 0 aromatic heterocycles. The second-order valence-electron chi connectivity index (χ2n) is 7.05. The van der Waals surface area contributed by atoms with Crippen LogP contribution < -0.4 is 4.90 Å².